The minimum Gasteiger partial charge on any atom is -0.490 e. The van der Waals surface area contributed by atoms with Crippen molar-refractivity contribution >= 4 is 23.3 Å². The summed E-state index contributed by atoms with van der Waals surface area (Å²) in [5.74, 6) is -1.46. The fourth-order valence-corrected chi connectivity index (χ4v) is 5.08. The first-order valence-electron chi connectivity index (χ1n) is 13.8. The monoisotopic (exact) mass is 571 g/mol. The van der Waals surface area contributed by atoms with E-state index in [1.165, 1.54) is 4.90 Å². The van der Waals surface area contributed by atoms with Gasteiger partial charge >= 0.3 is 5.97 Å². The predicted molar refractivity (Wildman–Crippen MR) is 152 cm³/mol. The summed E-state index contributed by atoms with van der Waals surface area (Å²) < 4.78 is 37.9. The molecule has 1 saturated heterocycles. The summed E-state index contributed by atoms with van der Waals surface area (Å²) in [6, 6.07) is 5.12. The number of hydrogen-bond donors (Lipinski definition) is 2. The van der Waals surface area contributed by atoms with E-state index < -0.39 is 23.8 Å². The SMILES string of the molecule is CCOc1cc2c(c(F)c1OCC)C(=N)N(CC(=O)c1cc(N3CCOCC3)c(OCC(=O)O)c(C(C)(C)C)c1)C2. The summed E-state index contributed by atoms with van der Waals surface area (Å²) in [7, 11) is 0. The molecule has 2 aromatic carbocycles. The van der Waals surface area contributed by atoms with Gasteiger partial charge in [0.05, 0.1) is 44.2 Å². The first-order chi connectivity index (χ1) is 19.5. The number of carbonyl (C=O) groups is 2. The van der Waals surface area contributed by atoms with Gasteiger partial charge in [-0.3, -0.25) is 10.2 Å². The number of aliphatic carboxylic acids is 1. The second kappa shape index (κ2) is 12.3. The zero-order valence-electron chi connectivity index (χ0n) is 24.3. The summed E-state index contributed by atoms with van der Waals surface area (Å²) in [6.07, 6.45) is 0. The lowest BCUT2D eigenvalue weighted by atomic mass is 9.84. The average Bonchev–Trinajstić information content (AvgIpc) is 3.23. The molecule has 0 unspecified atom stereocenters. The van der Waals surface area contributed by atoms with E-state index in [9.17, 15) is 14.7 Å². The summed E-state index contributed by atoms with van der Waals surface area (Å²) in [4.78, 5) is 28.7. The summed E-state index contributed by atoms with van der Waals surface area (Å²) >= 11 is 0. The van der Waals surface area contributed by atoms with Crippen molar-refractivity contribution < 1.29 is 38.0 Å². The van der Waals surface area contributed by atoms with Crippen molar-refractivity contribution in [2.24, 2.45) is 0 Å². The Morgan fingerprint density at radius 1 is 1.05 bits per heavy atom. The highest BCUT2D eigenvalue weighted by Crippen LogP contribution is 2.42. The lowest BCUT2D eigenvalue weighted by Crippen LogP contribution is -2.37. The Morgan fingerprint density at radius 3 is 2.34 bits per heavy atom. The maximum atomic E-state index is 15.5. The fraction of sp³-hybridized carbons (Fsp3) is 0.500. The van der Waals surface area contributed by atoms with Crippen molar-refractivity contribution in [2.45, 2.75) is 46.6 Å². The van der Waals surface area contributed by atoms with Gasteiger partial charge in [0.1, 0.15) is 11.6 Å². The van der Waals surface area contributed by atoms with Crippen LogP contribution in [0.2, 0.25) is 0 Å². The predicted octanol–water partition coefficient (Wildman–Crippen LogP) is 4.24. The number of carboxylic acid groups (broad SMARTS) is 1. The molecule has 2 N–H and O–H groups in total. The van der Waals surface area contributed by atoms with E-state index >= 15 is 4.39 Å². The number of benzene rings is 2. The molecule has 41 heavy (non-hydrogen) atoms. The topological polar surface area (TPSA) is 122 Å². The number of carbonyl (C=O) groups excluding carboxylic acids is 1. The van der Waals surface area contributed by atoms with Gasteiger partial charge in [0.25, 0.3) is 0 Å². The van der Waals surface area contributed by atoms with Crippen LogP contribution < -0.4 is 19.1 Å². The largest absolute Gasteiger partial charge is 0.490 e. The van der Waals surface area contributed by atoms with Crippen molar-refractivity contribution in [3.8, 4) is 17.2 Å². The molecule has 0 saturated carbocycles. The van der Waals surface area contributed by atoms with Gasteiger partial charge in [0.2, 0.25) is 0 Å². The molecule has 0 atom stereocenters. The average molecular weight is 572 g/mol. The summed E-state index contributed by atoms with van der Waals surface area (Å²) in [5, 5.41) is 18.0. The molecule has 2 aromatic rings. The molecule has 0 bridgehead atoms. The Balaban J connectivity index is 1.69. The Labute approximate surface area is 239 Å². The second-order valence-electron chi connectivity index (χ2n) is 10.9. The van der Waals surface area contributed by atoms with Crippen molar-refractivity contribution in [1.29, 1.82) is 5.41 Å². The van der Waals surface area contributed by atoms with Gasteiger partial charge in [-0.05, 0) is 43.0 Å². The maximum Gasteiger partial charge on any atom is 0.341 e. The molecule has 11 heteroatoms. The lowest BCUT2D eigenvalue weighted by molar-refractivity contribution is -0.139. The Hall–Kier alpha value is -3.86. The number of rotatable bonds is 11. The van der Waals surface area contributed by atoms with E-state index in [0.29, 0.717) is 61.0 Å². The summed E-state index contributed by atoms with van der Waals surface area (Å²) in [5.41, 5.74) is 1.89. The number of ketones is 1. The van der Waals surface area contributed by atoms with Gasteiger partial charge in [-0.25, -0.2) is 9.18 Å². The van der Waals surface area contributed by atoms with Crippen LogP contribution in [-0.2, 0) is 21.5 Å². The highest BCUT2D eigenvalue weighted by molar-refractivity contribution is 6.06. The molecule has 10 nitrogen and oxygen atoms in total. The Morgan fingerprint density at radius 2 is 1.73 bits per heavy atom. The van der Waals surface area contributed by atoms with E-state index in [4.69, 9.17) is 24.4 Å². The third-order valence-electron chi connectivity index (χ3n) is 7.00. The third-order valence-corrected chi connectivity index (χ3v) is 7.00. The van der Waals surface area contributed by atoms with E-state index in [1.807, 2.05) is 25.7 Å². The van der Waals surface area contributed by atoms with Crippen molar-refractivity contribution in [3.05, 3.63) is 46.3 Å². The number of nitrogens with one attached hydrogen (secondary N) is 1. The molecule has 0 radical (unpaired) electrons. The number of nitrogens with zero attached hydrogens (tertiary/aromatic N) is 2. The zero-order chi connectivity index (χ0) is 29.9. The van der Waals surface area contributed by atoms with Crippen molar-refractivity contribution in [2.75, 3.05) is 57.6 Å². The zero-order valence-corrected chi connectivity index (χ0v) is 24.3. The van der Waals surface area contributed by atoms with Gasteiger partial charge in [-0.1, -0.05) is 20.8 Å². The molecule has 2 aliphatic heterocycles. The number of ether oxygens (including phenoxy) is 4. The van der Waals surface area contributed by atoms with Crippen molar-refractivity contribution in [3.63, 3.8) is 0 Å². The summed E-state index contributed by atoms with van der Waals surface area (Å²) in [6.45, 7) is 11.6. The first-order valence-corrected chi connectivity index (χ1v) is 13.8. The number of morpholine rings is 1. The molecule has 0 aliphatic carbocycles. The highest BCUT2D eigenvalue weighted by atomic mass is 19.1. The quantitative estimate of drug-likeness (QED) is 0.381. The molecular weight excluding hydrogens is 533 g/mol. The van der Waals surface area contributed by atoms with Crippen LogP contribution >= 0.6 is 0 Å². The van der Waals surface area contributed by atoms with Gasteiger partial charge < -0.3 is 33.9 Å². The van der Waals surface area contributed by atoms with Crippen LogP contribution in [-0.4, -0.2) is 80.3 Å². The van der Waals surface area contributed by atoms with Crippen molar-refractivity contribution in [1.82, 2.24) is 4.90 Å². The molecule has 1 fully saturated rings. The maximum absolute atomic E-state index is 15.5. The molecule has 4 rings (SSSR count). The number of hydrogen-bond acceptors (Lipinski definition) is 8. The number of anilines is 1. The minimum atomic E-state index is -1.10. The van der Waals surface area contributed by atoms with Gasteiger partial charge in [-0.15, -0.1) is 0 Å². The van der Waals surface area contributed by atoms with Crippen LogP contribution in [0.3, 0.4) is 0 Å². The number of Topliss-reactive ketones (excluding diaryl/α,β-unsaturated/α-hetero) is 1. The molecule has 0 spiro atoms. The number of amidine groups is 1. The number of halogens is 1. The van der Waals surface area contributed by atoms with Crippen LogP contribution in [0.15, 0.2) is 18.2 Å². The van der Waals surface area contributed by atoms with E-state index in [0.717, 1.165) is 0 Å². The fourth-order valence-electron chi connectivity index (χ4n) is 5.08. The van der Waals surface area contributed by atoms with E-state index in [2.05, 4.69) is 0 Å². The number of fused-ring (bicyclic) bond motifs is 1. The molecule has 2 heterocycles. The standard InChI is InChI=1S/C30H38FN3O7/c1-6-39-23-14-19-15-34(29(32)25(19)26(31)28(23)40-7-2)16-22(35)18-12-20(30(3,4)5)27(41-17-24(36)37)21(13-18)33-8-10-38-11-9-33/h12-14,32H,6-11,15-17H2,1-5H3,(H,36,37). The molecule has 2 aliphatic rings. The Bertz CT molecular complexity index is 1330. The van der Waals surface area contributed by atoms with Gasteiger partial charge in [0, 0.05) is 30.8 Å². The lowest BCUT2D eigenvalue weighted by Gasteiger charge is -2.33. The number of carboxylic acids is 1. The third kappa shape index (κ3) is 6.40. The van der Waals surface area contributed by atoms with Crippen LogP contribution in [0, 0.1) is 11.2 Å². The Kier molecular flexibility index (Phi) is 9.06. The first kappa shape index (κ1) is 30.1. The van der Waals surface area contributed by atoms with Crippen LogP contribution in [0.5, 0.6) is 17.2 Å². The second-order valence-corrected chi connectivity index (χ2v) is 10.9. The van der Waals surface area contributed by atoms with E-state index in [-0.39, 0.29) is 48.4 Å². The van der Waals surface area contributed by atoms with Gasteiger partial charge in [0.15, 0.2) is 29.7 Å². The molecule has 222 valence electrons. The van der Waals surface area contributed by atoms with E-state index in [1.54, 1.807) is 32.0 Å². The van der Waals surface area contributed by atoms with Crippen LogP contribution in [0.25, 0.3) is 0 Å². The highest BCUT2D eigenvalue weighted by Gasteiger charge is 2.34. The molecular formula is C30H38FN3O7. The van der Waals surface area contributed by atoms with Gasteiger partial charge in [-0.2, -0.15) is 0 Å². The molecule has 0 aromatic heterocycles. The smallest absolute Gasteiger partial charge is 0.341 e. The minimum absolute atomic E-state index is 0.0343. The normalized spacial score (nSPS) is 15.1. The van der Waals surface area contributed by atoms with Crippen LogP contribution in [0.4, 0.5) is 10.1 Å². The van der Waals surface area contributed by atoms with Crippen LogP contribution in [0.1, 0.15) is 61.7 Å². The molecule has 0 amide bonds.